The molecule has 1 unspecified atom stereocenters. The van der Waals surface area contributed by atoms with E-state index in [4.69, 9.17) is 4.74 Å². The highest BCUT2D eigenvalue weighted by atomic mass is 16.5. The van der Waals surface area contributed by atoms with Crippen molar-refractivity contribution in [1.82, 2.24) is 0 Å². The maximum Gasteiger partial charge on any atom is 0.124 e. The zero-order valence-electron chi connectivity index (χ0n) is 11.9. The summed E-state index contributed by atoms with van der Waals surface area (Å²) in [7, 11) is 1.69. The minimum Gasteiger partial charge on any atom is -0.496 e. The Labute approximate surface area is 109 Å². The smallest absolute Gasteiger partial charge is 0.124 e. The van der Waals surface area contributed by atoms with Gasteiger partial charge in [0.15, 0.2) is 0 Å². The van der Waals surface area contributed by atoms with Crippen molar-refractivity contribution in [3.63, 3.8) is 0 Å². The zero-order valence-corrected chi connectivity index (χ0v) is 11.9. The quantitative estimate of drug-likeness (QED) is 0.894. The predicted octanol–water partition coefficient (Wildman–Crippen LogP) is 2.78. The van der Waals surface area contributed by atoms with Crippen molar-refractivity contribution in [1.29, 1.82) is 0 Å². The van der Waals surface area contributed by atoms with Crippen LogP contribution >= 0.6 is 0 Å². The first-order valence-corrected chi connectivity index (χ1v) is 6.52. The van der Waals surface area contributed by atoms with Crippen molar-refractivity contribution in [2.24, 2.45) is 0 Å². The molecule has 100 valence electrons. The zero-order chi connectivity index (χ0) is 13.5. The van der Waals surface area contributed by atoms with Gasteiger partial charge in [0.25, 0.3) is 0 Å². The summed E-state index contributed by atoms with van der Waals surface area (Å²) in [5.74, 6) is 0.967. The molecule has 0 fully saturated rings. The topological polar surface area (TPSA) is 32.7 Å². The van der Waals surface area contributed by atoms with E-state index in [9.17, 15) is 5.11 Å². The maximum absolute atomic E-state index is 10.4. The van der Waals surface area contributed by atoms with Gasteiger partial charge in [0.05, 0.1) is 12.7 Å². The number of fused-ring (bicyclic) bond motifs is 1. The molecule has 3 nitrogen and oxygen atoms in total. The Morgan fingerprint density at radius 1 is 1.39 bits per heavy atom. The van der Waals surface area contributed by atoms with Crippen LogP contribution in [0, 0.1) is 0 Å². The molecular weight excluding hydrogens is 226 g/mol. The molecule has 1 aliphatic rings. The third-order valence-corrected chi connectivity index (χ3v) is 3.78. The molecule has 0 amide bonds. The fraction of sp³-hybridized carbons (Fsp3) is 0.600. The first kappa shape index (κ1) is 13.2. The number of ether oxygens (including phenoxy) is 1. The standard InChI is InChI=1S/C15H23NO2/c1-10(2)16-9-11(15(3,4)17)14-12(16)7-6-8-13(14)18-5/h6-8,10-11,17H,9H2,1-5H3. The maximum atomic E-state index is 10.4. The van der Waals surface area contributed by atoms with Crippen molar-refractivity contribution in [3.8, 4) is 5.75 Å². The lowest BCUT2D eigenvalue weighted by Crippen LogP contribution is -2.36. The molecular formula is C15H23NO2. The molecule has 1 N–H and O–H groups in total. The molecule has 0 aliphatic carbocycles. The van der Waals surface area contributed by atoms with Crippen LogP contribution in [-0.2, 0) is 0 Å². The van der Waals surface area contributed by atoms with Crippen molar-refractivity contribution < 1.29 is 9.84 Å². The number of anilines is 1. The van der Waals surface area contributed by atoms with Crippen LogP contribution in [-0.4, -0.2) is 30.4 Å². The third-order valence-electron chi connectivity index (χ3n) is 3.78. The Morgan fingerprint density at radius 2 is 2.06 bits per heavy atom. The van der Waals surface area contributed by atoms with Gasteiger partial charge >= 0.3 is 0 Å². The van der Waals surface area contributed by atoms with E-state index in [1.807, 2.05) is 26.0 Å². The number of hydrogen-bond donors (Lipinski definition) is 1. The Morgan fingerprint density at radius 3 is 2.56 bits per heavy atom. The van der Waals surface area contributed by atoms with Crippen LogP contribution in [0.5, 0.6) is 5.75 Å². The summed E-state index contributed by atoms with van der Waals surface area (Å²) in [6, 6.07) is 6.52. The van der Waals surface area contributed by atoms with Gasteiger partial charge in [-0.2, -0.15) is 0 Å². The van der Waals surface area contributed by atoms with Gasteiger partial charge < -0.3 is 14.7 Å². The fourth-order valence-corrected chi connectivity index (χ4v) is 2.76. The van der Waals surface area contributed by atoms with Crippen LogP contribution in [0.25, 0.3) is 0 Å². The number of methoxy groups -OCH3 is 1. The van der Waals surface area contributed by atoms with Crippen molar-refractivity contribution in [2.75, 3.05) is 18.6 Å². The molecule has 1 atom stereocenters. The van der Waals surface area contributed by atoms with E-state index in [-0.39, 0.29) is 5.92 Å². The minimum absolute atomic E-state index is 0.0889. The SMILES string of the molecule is COc1cccc2c1C(C(C)(C)O)CN2C(C)C. The molecule has 0 saturated carbocycles. The fourth-order valence-electron chi connectivity index (χ4n) is 2.76. The summed E-state index contributed by atoms with van der Waals surface area (Å²) in [4.78, 5) is 2.33. The van der Waals surface area contributed by atoms with Crippen molar-refractivity contribution in [2.45, 2.75) is 45.3 Å². The molecule has 1 aliphatic heterocycles. The largest absolute Gasteiger partial charge is 0.496 e. The van der Waals surface area contributed by atoms with Gasteiger partial charge in [-0.25, -0.2) is 0 Å². The second kappa shape index (κ2) is 4.47. The number of aliphatic hydroxyl groups is 1. The van der Waals surface area contributed by atoms with Gasteiger partial charge in [-0.3, -0.25) is 0 Å². The van der Waals surface area contributed by atoms with Crippen molar-refractivity contribution in [3.05, 3.63) is 23.8 Å². The van der Waals surface area contributed by atoms with Gasteiger partial charge in [-0.1, -0.05) is 6.07 Å². The van der Waals surface area contributed by atoms with E-state index in [2.05, 4.69) is 24.8 Å². The highest BCUT2D eigenvalue weighted by Crippen LogP contribution is 2.47. The molecule has 0 saturated heterocycles. The van der Waals surface area contributed by atoms with Crippen molar-refractivity contribution >= 4 is 5.69 Å². The van der Waals surface area contributed by atoms with E-state index in [1.165, 1.54) is 5.69 Å². The predicted molar refractivity (Wildman–Crippen MR) is 74.5 cm³/mol. The number of nitrogens with zero attached hydrogens (tertiary/aromatic N) is 1. The molecule has 0 bridgehead atoms. The molecule has 1 aromatic carbocycles. The molecule has 3 heteroatoms. The van der Waals surface area contributed by atoms with E-state index in [1.54, 1.807) is 7.11 Å². The Kier molecular flexibility index (Phi) is 3.28. The summed E-state index contributed by atoms with van der Waals surface area (Å²) in [5, 5.41) is 10.4. The summed E-state index contributed by atoms with van der Waals surface area (Å²) in [5.41, 5.74) is 1.59. The van der Waals surface area contributed by atoms with E-state index in [0.717, 1.165) is 17.9 Å². The van der Waals surface area contributed by atoms with Gasteiger partial charge in [-0.05, 0) is 39.8 Å². The second-order valence-electron chi connectivity index (χ2n) is 5.85. The molecule has 0 spiro atoms. The van der Waals surface area contributed by atoms with E-state index >= 15 is 0 Å². The van der Waals surface area contributed by atoms with Gasteiger partial charge in [0, 0.05) is 29.8 Å². The van der Waals surface area contributed by atoms with Crippen LogP contribution in [0.1, 0.15) is 39.2 Å². The first-order chi connectivity index (χ1) is 8.36. The number of hydrogen-bond acceptors (Lipinski definition) is 3. The lowest BCUT2D eigenvalue weighted by atomic mass is 9.86. The van der Waals surface area contributed by atoms with Crippen LogP contribution in [0.4, 0.5) is 5.69 Å². The van der Waals surface area contributed by atoms with Crippen LogP contribution in [0.3, 0.4) is 0 Å². The van der Waals surface area contributed by atoms with E-state index < -0.39 is 5.60 Å². The first-order valence-electron chi connectivity index (χ1n) is 6.52. The number of benzene rings is 1. The number of rotatable bonds is 3. The molecule has 1 heterocycles. The molecule has 0 aromatic heterocycles. The summed E-state index contributed by atoms with van der Waals surface area (Å²) in [6.45, 7) is 8.94. The van der Waals surface area contributed by atoms with Gasteiger partial charge in [0.1, 0.15) is 5.75 Å². The Balaban J connectivity index is 2.55. The van der Waals surface area contributed by atoms with Gasteiger partial charge in [0.2, 0.25) is 0 Å². The second-order valence-corrected chi connectivity index (χ2v) is 5.85. The third kappa shape index (κ3) is 2.07. The lowest BCUT2D eigenvalue weighted by molar-refractivity contribution is 0.0538. The lowest BCUT2D eigenvalue weighted by Gasteiger charge is -2.28. The van der Waals surface area contributed by atoms with Crippen LogP contribution < -0.4 is 9.64 Å². The Bertz CT molecular complexity index is 435. The summed E-state index contributed by atoms with van der Waals surface area (Å²) in [6.07, 6.45) is 0. The van der Waals surface area contributed by atoms with E-state index in [0.29, 0.717) is 6.04 Å². The molecule has 0 radical (unpaired) electrons. The average molecular weight is 249 g/mol. The molecule has 1 aromatic rings. The average Bonchev–Trinajstić information content (AvgIpc) is 2.67. The minimum atomic E-state index is -0.743. The summed E-state index contributed by atoms with van der Waals surface area (Å²) < 4.78 is 5.47. The van der Waals surface area contributed by atoms with Gasteiger partial charge in [-0.15, -0.1) is 0 Å². The highest BCUT2D eigenvalue weighted by molar-refractivity contribution is 5.66. The van der Waals surface area contributed by atoms with Crippen LogP contribution in [0.2, 0.25) is 0 Å². The summed E-state index contributed by atoms with van der Waals surface area (Å²) >= 11 is 0. The molecule has 2 rings (SSSR count). The monoisotopic (exact) mass is 249 g/mol. The Hall–Kier alpha value is -1.22. The normalized spacial score (nSPS) is 19.3. The highest BCUT2D eigenvalue weighted by Gasteiger charge is 2.40. The van der Waals surface area contributed by atoms with Crippen LogP contribution in [0.15, 0.2) is 18.2 Å². The molecule has 18 heavy (non-hydrogen) atoms.